The van der Waals surface area contributed by atoms with Gasteiger partial charge in [-0.2, -0.15) is 0 Å². The van der Waals surface area contributed by atoms with Crippen molar-refractivity contribution in [3.63, 3.8) is 0 Å². The van der Waals surface area contributed by atoms with Crippen LogP contribution in [0.1, 0.15) is 47.3 Å². The molecule has 2 amide bonds. The molecular formula is C24H26ClFN4O2. The van der Waals surface area contributed by atoms with Crippen LogP contribution in [0.25, 0.3) is 0 Å². The zero-order valence-corrected chi connectivity index (χ0v) is 18.7. The first-order chi connectivity index (χ1) is 15.4. The number of pyridine rings is 1. The smallest absolute Gasteiger partial charge is 0.253 e. The third kappa shape index (κ3) is 3.48. The van der Waals surface area contributed by atoms with E-state index < -0.39 is 5.41 Å². The van der Waals surface area contributed by atoms with Crippen LogP contribution in [0.3, 0.4) is 0 Å². The number of aryl methyl sites for hydroxylation is 1. The number of fused-ring (bicyclic) bond motifs is 2. The largest absolute Gasteiger partial charge is 0.349 e. The molecule has 32 heavy (non-hydrogen) atoms. The van der Waals surface area contributed by atoms with Crippen LogP contribution in [-0.2, 0) is 10.2 Å². The average molecular weight is 457 g/mol. The summed E-state index contributed by atoms with van der Waals surface area (Å²) in [6.45, 7) is 3.37. The lowest BCUT2D eigenvalue weighted by molar-refractivity contribution is -0.125. The van der Waals surface area contributed by atoms with Gasteiger partial charge in [-0.1, -0.05) is 17.7 Å². The van der Waals surface area contributed by atoms with E-state index in [9.17, 15) is 14.0 Å². The van der Waals surface area contributed by atoms with Crippen molar-refractivity contribution in [1.29, 1.82) is 0 Å². The summed E-state index contributed by atoms with van der Waals surface area (Å²) in [5.74, 6) is -0.117. The summed E-state index contributed by atoms with van der Waals surface area (Å²) in [5, 5.41) is 6.69. The van der Waals surface area contributed by atoms with Crippen LogP contribution < -0.4 is 15.5 Å². The first-order valence-corrected chi connectivity index (χ1v) is 11.5. The number of aromatic nitrogens is 1. The molecule has 6 nitrogen and oxygen atoms in total. The Morgan fingerprint density at radius 3 is 2.75 bits per heavy atom. The van der Waals surface area contributed by atoms with Crippen LogP contribution in [0.4, 0.5) is 10.1 Å². The van der Waals surface area contributed by atoms with Gasteiger partial charge in [-0.05, 0) is 56.7 Å². The first-order valence-electron chi connectivity index (χ1n) is 11.1. The molecule has 0 unspecified atom stereocenters. The number of hydrogen-bond acceptors (Lipinski definition) is 4. The maximum Gasteiger partial charge on any atom is 0.253 e. The number of benzene rings is 1. The summed E-state index contributed by atoms with van der Waals surface area (Å²) in [4.78, 5) is 31.9. The quantitative estimate of drug-likeness (QED) is 0.739. The van der Waals surface area contributed by atoms with Crippen LogP contribution in [0.15, 0.2) is 30.5 Å². The van der Waals surface area contributed by atoms with Crippen molar-refractivity contribution in [2.45, 2.75) is 44.1 Å². The van der Waals surface area contributed by atoms with Gasteiger partial charge < -0.3 is 15.5 Å². The van der Waals surface area contributed by atoms with E-state index >= 15 is 0 Å². The molecule has 168 valence electrons. The second-order valence-electron chi connectivity index (χ2n) is 9.21. The molecule has 1 aromatic heterocycles. The fraction of sp³-hybridized carbons (Fsp3) is 0.458. The van der Waals surface area contributed by atoms with Crippen molar-refractivity contribution in [3.05, 3.63) is 58.1 Å². The van der Waals surface area contributed by atoms with E-state index in [0.717, 1.165) is 31.4 Å². The first kappa shape index (κ1) is 21.3. The Morgan fingerprint density at radius 2 is 2.06 bits per heavy atom. The van der Waals surface area contributed by atoms with E-state index in [1.54, 1.807) is 24.0 Å². The Balaban J connectivity index is 1.22. The zero-order valence-electron chi connectivity index (χ0n) is 18.0. The highest BCUT2D eigenvalue weighted by Gasteiger charge is 2.56. The fourth-order valence-corrected chi connectivity index (χ4v) is 5.48. The summed E-state index contributed by atoms with van der Waals surface area (Å²) >= 11 is 5.99. The number of amides is 2. The monoisotopic (exact) mass is 456 g/mol. The Labute approximate surface area is 191 Å². The van der Waals surface area contributed by atoms with Gasteiger partial charge in [-0.15, -0.1) is 0 Å². The van der Waals surface area contributed by atoms with Crippen molar-refractivity contribution >= 4 is 29.1 Å². The molecule has 5 rings (SSSR count). The number of hydrogen-bond donors (Lipinski definition) is 2. The highest BCUT2D eigenvalue weighted by atomic mass is 35.5. The Kier molecular flexibility index (Phi) is 5.42. The van der Waals surface area contributed by atoms with Crippen LogP contribution in [-0.4, -0.2) is 42.5 Å². The van der Waals surface area contributed by atoms with E-state index in [0.29, 0.717) is 47.4 Å². The maximum atomic E-state index is 14.6. The second-order valence-corrected chi connectivity index (χ2v) is 9.65. The van der Waals surface area contributed by atoms with Crippen molar-refractivity contribution in [2.24, 2.45) is 5.92 Å². The van der Waals surface area contributed by atoms with E-state index in [1.165, 1.54) is 12.3 Å². The lowest BCUT2D eigenvalue weighted by Gasteiger charge is -2.38. The SMILES string of the molecule is Cc1ncc(Cl)cc1C(=O)N[C@H]1CC[C@H](CN2C(=O)C3(CNC3)c3c(F)cccc32)CC1. The number of rotatable bonds is 4. The molecule has 2 fully saturated rings. The molecule has 1 aliphatic carbocycles. The standard InChI is InChI=1S/C24H26ClFN4O2/c1-14-18(9-16(25)10-28-14)22(31)29-17-7-5-15(6-8-17)11-30-20-4-2-3-19(26)21(20)24(23(30)32)12-27-13-24/h2-4,9-10,15,17,27H,5-8,11-13H2,1H3,(H,29,31)/t15-,17-. The van der Waals surface area contributed by atoms with Gasteiger partial charge >= 0.3 is 0 Å². The lowest BCUT2D eigenvalue weighted by atomic mass is 9.76. The third-order valence-corrected chi connectivity index (χ3v) is 7.40. The Hall–Kier alpha value is -2.51. The molecule has 3 aliphatic rings. The van der Waals surface area contributed by atoms with E-state index in [4.69, 9.17) is 11.6 Å². The molecule has 1 saturated carbocycles. The molecule has 8 heteroatoms. The average Bonchev–Trinajstić information content (AvgIpc) is 3.00. The summed E-state index contributed by atoms with van der Waals surface area (Å²) in [6.07, 6.45) is 5.02. The molecule has 0 radical (unpaired) electrons. The number of carbonyl (C=O) groups excluding carboxylic acids is 2. The normalized spacial score (nSPS) is 23.7. The van der Waals surface area contributed by atoms with Gasteiger partial charge in [0.05, 0.1) is 22.0 Å². The molecule has 2 N–H and O–H groups in total. The van der Waals surface area contributed by atoms with Crippen LogP contribution >= 0.6 is 11.6 Å². The minimum Gasteiger partial charge on any atom is -0.349 e. The van der Waals surface area contributed by atoms with Gasteiger partial charge in [0.25, 0.3) is 5.91 Å². The molecule has 0 atom stereocenters. The Bertz CT molecular complexity index is 1080. The molecular weight excluding hydrogens is 431 g/mol. The summed E-state index contributed by atoms with van der Waals surface area (Å²) < 4.78 is 14.6. The predicted molar refractivity (Wildman–Crippen MR) is 120 cm³/mol. The number of nitrogens with one attached hydrogen (secondary N) is 2. The van der Waals surface area contributed by atoms with Gasteiger partial charge in [0, 0.05) is 37.4 Å². The van der Waals surface area contributed by atoms with E-state index in [1.807, 2.05) is 6.07 Å². The highest BCUT2D eigenvalue weighted by Crippen LogP contribution is 2.46. The lowest BCUT2D eigenvalue weighted by Crippen LogP contribution is -2.62. The molecule has 1 aromatic carbocycles. The van der Waals surface area contributed by atoms with Crippen molar-refractivity contribution in [2.75, 3.05) is 24.5 Å². The van der Waals surface area contributed by atoms with E-state index in [2.05, 4.69) is 15.6 Å². The minimum absolute atomic E-state index is 0.00991. The molecule has 3 heterocycles. The topological polar surface area (TPSA) is 74.3 Å². The van der Waals surface area contributed by atoms with Gasteiger partial charge in [0.2, 0.25) is 5.91 Å². The van der Waals surface area contributed by atoms with Crippen LogP contribution in [0.5, 0.6) is 0 Å². The molecule has 2 aromatic rings. The van der Waals surface area contributed by atoms with Crippen LogP contribution in [0.2, 0.25) is 5.02 Å². The molecule has 0 bridgehead atoms. The zero-order chi connectivity index (χ0) is 22.5. The second kappa shape index (κ2) is 8.12. The van der Waals surface area contributed by atoms with Gasteiger partial charge in [0.1, 0.15) is 11.2 Å². The predicted octanol–water partition coefficient (Wildman–Crippen LogP) is 3.36. The van der Waals surface area contributed by atoms with Crippen molar-refractivity contribution < 1.29 is 14.0 Å². The van der Waals surface area contributed by atoms with Gasteiger partial charge in [-0.25, -0.2) is 4.39 Å². The molecule has 1 spiro atoms. The number of nitrogens with zero attached hydrogens (tertiary/aromatic N) is 2. The summed E-state index contributed by atoms with van der Waals surface area (Å²) in [7, 11) is 0. The van der Waals surface area contributed by atoms with Crippen molar-refractivity contribution in [3.8, 4) is 0 Å². The third-order valence-electron chi connectivity index (χ3n) is 7.19. The van der Waals surface area contributed by atoms with Gasteiger partial charge in [-0.3, -0.25) is 14.6 Å². The summed E-state index contributed by atoms with van der Waals surface area (Å²) in [5.41, 5.74) is 1.68. The molecule has 2 aliphatic heterocycles. The molecule has 1 saturated heterocycles. The summed E-state index contributed by atoms with van der Waals surface area (Å²) in [6, 6.07) is 6.71. The maximum absolute atomic E-state index is 14.6. The van der Waals surface area contributed by atoms with Crippen LogP contribution in [0, 0.1) is 18.7 Å². The number of anilines is 1. The van der Waals surface area contributed by atoms with Crippen molar-refractivity contribution in [1.82, 2.24) is 15.6 Å². The minimum atomic E-state index is -0.741. The number of carbonyl (C=O) groups is 2. The fourth-order valence-electron chi connectivity index (χ4n) is 5.32. The Morgan fingerprint density at radius 1 is 1.31 bits per heavy atom. The highest BCUT2D eigenvalue weighted by molar-refractivity contribution is 6.30. The van der Waals surface area contributed by atoms with Gasteiger partial charge in [0.15, 0.2) is 0 Å². The van der Waals surface area contributed by atoms with E-state index in [-0.39, 0.29) is 23.7 Å². The number of halogens is 2.